The van der Waals surface area contributed by atoms with Gasteiger partial charge in [0, 0.05) is 22.5 Å². The minimum absolute atomic E-state index is 0.0342. The van der Waals surface area contributed by atoms with Crippen LogP contribution in [-0.2, 0) is 6.42 Å². The number of carbonyl (C=O) groups excluding carboxylic acids is 1. The number of nitrogens with one attached hydrogen (secondary N) is 2. The second-order valence-electron chi connectivity index (χ2n) is 5.90. The molecule has 3 aromatic rings. The molecule has 5 nitrogen and oxygen atoms in total. The third-order valence-electron chi connectivity index (χ3n) is 4.14. The monoisotopic (exact) mass is 367 g/mol. The maximum atomic E-state index is 12.6. The van der Waals surface area contributed by atoms with Gasteiger partial charge in [-0.3, -0.25) is 9.59 Å². The van der Waals surface area contributed by atoms with Crippen molar-refractivity contribution in [2.75, 3.05) is 5.32 Å². The number of hydrogen-bond donors (Lipinski definition) is 2. The van der Waals surface area contributed by atoms with E-state index in [2.05, 4.69) is 15.3 Å². The van der Waals surface area contributed by atoms with Gasteiger partial charge < -0.3 is 10.3 Å². The lowest BCUT2D eigenvalue weighted by atomic mass is 10.1. The Balaban J connectivity index is 1.89. The Morgan fingerprint density at radius 3 is 2.58 bits per heavy atom. The van der Waals surface area contributed by atoms with Crippen LogP contribution >= 0.6 is 11.6 Å². The highest BCUT2D eigenvalue weighted by molar-refractivity contribution is 6.30. The Hall–Kier alpha value is -2.92. The zero-order valence-corrected chi connectivity index (χ0v) is 15.2. The van der Waals surface area contributed by atoms with Crippen molar-refractivity contribution in [3.63, 3.8) is 0 Å². The van der Waals surface area contributed by atoms with E-state index in [0.29, 0.717) is 16.4 Å². The number of benzene rings is 2. The number of anilines is 1. The average Bonchev–Trinajstić information content (AvgIpc) is 2.63. The maximum absolute atomic E-state index is 12.6. The predicted octanol–water partition coefficient (Wildman–Crippen LogP) is 4.21. The summed E-state index contributed by atoms with van der Waals surface area (Å²) in [6.45, 7) is 3.93. The predicted molar refractivity (Wildman–Crippen MR) is 104 cm³/mol. The first-order chi connectivity index (χ1) is 12.5. The van der Waals surface area contributed by atoms with E-state index in [0.717, 1.165) is 23.2 Å². The van der Waals surface area contributed by atoms with Crippen molar-refractivity contribution in [3.8, 4) is 11.4 Å². The van der Waals surface area contributed by atoms with Gasteiger partial charge in [0.1, 0.15) is 11.4 Å². The molecule has 3 rings (SSSR count). The van der Waals surface area contributed by atoms with Crippen molar-refractivity contribution in [1.82, 2.24) is 9.97 Å². The number of aromatic amines is 1. The number of rotatable bonds is 4. The van der Waals surface area contributed by atoms with Gasteiger partial charge in [0.25, 0.3) is 11.5 Å². The van der Waals surface area contributed by atoms with Gasteiger partial charge in [-0.2, -0.15) is 0 Å². The summed E-state index contributed by atoms with van der Waals surface area (Å²) >= 11 is 5.87. The quantitative estimate of drug-likeness (QED) is 0.725. The molecule has 0 unspecified atom stereocenters. The minimum Gasteiger partial charge on any atom is -0.321 e. The van der Waals surface area contributed by atoms with Crippen molar-refractivity contribution in [2.45, 2.75) is 20.3 Å². The fraction of sp³-hybridized carbons (Fsp3) is 0.150. The molecule has 0 spiro atoms. The number of halogens is 1. The maximum Gasteiger partial charge on any atom is 0.264 e. The van der Waals surface area contributed by atoms with Crippen LogP contribution < -0.4 is 10.9 Å². The highest BCUT2D eigenvalue weighted by atomic mass is 35.5. The molecule has 0 aliphatic carbocycles. The number of aromatic nitrogens is 2. The van der Waals surface area contributed by atoms with Crippen LogP contribution in [0.3, 0.4) is 0 Å². The Kier molecular flexibility index (Phi) is 5.19. The molecular formula is C20H18ClN3O2. The number of para-hydroxylation sites is 1. The van der Waals surface area contributed by atoms with Gasteiger partial charge in [0.15, 0.2) is 0 Å². The molecule has 0 radical (unpaired) electrons. The van der Waals surface area contributed by atoms with Gasteiger partial charge in [-0.1, -0.05) is 36.7 Å². The number of H-pyrrole nitrogens is 1. The molecule has 1 aromatic heterocycles. The first-order valence-electron chi connectivity index (χ1n) is 8.24. The lowest BCUT2D eigenvalue weighted by Crippen LogP contribution is -2.24. The summed E-state index contributed by atoms with van der Waals surface area (Å²) in [5, 5.41) is 3.43. The lowest BCUT2D eigenvalue weighted by Gasteiger charge is -2.12. The fourth-order valence-corrected chi connectivity index (χ4v) is 2.82. The number of carbonyl (C=O) groups is 1. The largest absolute Gasteiger partial charge is 0.321 e. The van der Waals surface area contributed by atoms with E-state index >= 15 is 0 Å². The molecule has 0 saturated heterocycles. The lowest BCUT2D eigenvalue weighted by molar-refractivity contribution is 0.102. The number of amides is 1. The molecule has 1 heterocycles. The number of aryl methyl sites for hydroxylation is 2. The summed E-state index contributed by atoms with van der Waals surface area (Å²) in [4.78, 5) is 31.8. The van der Waals surface area contributed by atoms with Gasteiger partial charge in [0.05, 0.1) is 0 Å². The first kappa shape index (κ1) is 17.9. The van der Waals surface area contributed by atoms with E-state index in [-0.39, 0.29) is 5.56 Å². The van der Waals surface area contributed by atoms with E-state index in [1.807, 2.05) is 32.0 Å². The van der Waals surface area contributed by atoms with Crippen LogP contribution in [0.25, 0.3) is 11.4 Å². The van der Waals surface area contributed by atoms with E-state index in [4.69, 9.17) is 11.6 Å². The molecule has 6 heteroatoms. The highest BCUT2D eigenvalue weighted by Crippen LogP contribution is 2.22. The summed E-state index contributed by atoms with van der Waals surface area (Å²) in [7, 11) is 0. The Morgan fingerprint density at radius 1 is 1.19 bits per heavy atom. The van der Waals surface area contributed by atoms with Crippen molar-refractivity contribution < 1.29 is 4.79 Å². The summed E-state index contributed by atoms with van der Waals surface area (Å²) in [6, 6.07) is 12.7. The van der Waals surface area contributed by atoms with Gasteiger partial charge in [-0.25, -0.2) is 4.98 Å². The van der Waals surface area contributed by atoms with Gasteiger partial charge >= 0.3 is 0 Å². The standard InChI is InChI=1S/C20H18ClN3O2/c1-3-13-6-4-5-12(2)17(13)23-19(25)16-11-22-18(24-20(16)26)14-7-9-15(21)10-8-14/h4-11H,3H2,1-2H3,(H,23,25)(H,22,24,26). The minimum atomic E-state index is -0.492. The van der Waals surface area contributed by atoms with Crippen molar-refractivity contribution in [1.29, 1.82) is 0 Å². The Bertz CT molecular complexity index is 1010. The van der Waals surface area contributed by atoms with Crippen LogP contribution in [0.4, 0.5) is 5.69 Å². The van der Waals surface area contributed by atoms with Crippen molar-refractivity contribution in [2.24, 2.45) is 0 Å². The first-order valence-corrected chi connectivity index (χ1v) is 8.62. The molecule has 2 aromatic carbocycles. The normalized spacial score (nSPS) is 10.6. The van der Waals surface area contributed by atoms with E-state index < -0.39 is 11.5 Å². The molecule has 0 aliphatic heterocycles. The molecule has 2 N–H and O–H groups in total. The zero-order chi connectivity index (χ0) is 18.7. The molecular weight excluding hydrogens is 350 g/mol. The molecule has 0 saturated carbocycles. The third kappa shape index (κ3) is 3.68. The topological polar surface area (TPSA) is 74.8 Å². The van der Waals surface area contributed by atoms with Crippen LogP contribution in [0.2, 0.25) is 5.02 Å². The SMILES string of the molecule is CCc1cccc(C)c1NC(=O)c1cnc(-c2ccc(Cl)cc2)[nH]c1=O. The molecule has 0 fully saturated rings. The van der Waals surface area contributed by atoms with Gasteiger partial charge in [0.2, 0.25) is 0 Å². The van der Waals surface area contributed by atoms with Gasteiger partial charge in [-0.15, -0.1) is 0 Å². The van der Waals surface area contributed by atoms with E-state index in [9.17, 15) is 9.59 Å². The fourth-order valence-electron chi connectivity index (χ4n) is 2.69. The molecule has 0 atom stereocenters. The summed E-state index contributed by atoms with van der Waals surface area (Å²) in [6.07, 6.45) is 2.07. The smallest absolute Gasteiger partial charge is 0.264 e. The summed E-state index contributed by atoms with van der Waals surface area (Å²) < 4.78 is 0. The Morgan fingerprint density at radius 2 is 1.92 bits per heavy atom. The van der Waals surface area contributed by atoms with Crippen LogP contribution in [0, 0.1) is 6.92 Å². The van der Waals surface area contributed by atoms with Crippen LogP contribution in [0.5, 0.6) is 0 Å². The van der Waals surface area contributed by atoms with Crippen LogP contribution in [0.1, 0.15) is 28.4 Å². The zero-order valence-electron chi connectivity index (χ0n) is 14.5. The van der Waals surface area contributed by atoms with Crippen LogP contribution in [-0.4, -0.2) is 15.9 Å². The van der Waals surface area contributed by atoms with E-state index in [1.165, 1.54) is 6.20 Å². The van der Waals surface area contributed by atoms with Gasteiger partial charge in [-0.05, 0) is 48.7 Å². The molecule has 0 bridgehead atoms. The second kappa shape index (κ2) is 7.54. The van der Waals surface area contributed by atoms with Crippen LogP contribution in [0.15, 0.2) is 53.5 Å². The molecule has 26 heavy (non-hydrogen) atoms. The average molecular weight is 368 g/mol. The number of nitrogens with zero attached hydrogens (tertiary/aromatic N) is 1. The third-order valence-corrected chi connectivity index (χ3v) is 4.39. The van der Waals surface area contributed by atoms with Crippen molar-refractivity contribution in [3.05, 3.63) is 80.7 Å². The molecule has 1 amide bonds. The second-order valence-corrected chi connectivity index (χ2v) is 6.33. The van der Waals surface area contributed by atoms with E-state index in [1.54, 1.807) is 24.3 Å². The highest BCUT2D eigenvalue weighted by Gasteiger charge is 2.15. The Labute approximate surface area is 156 Å². The van der Waals surface area contributed by atoms with Crippen molar-refractivity contribution >= 4 is 23.2 Å². The number of hydrogen-bond acceptors (Lipinski definition) is 3. The summed E-state index contributed by atoms with van der Waals surface area (Å²) in [5.41, 5.74) is 2.88. The molecule has 0 aliphatic rings. The molecule has 132 valence electrons. The summed E-state index contributed by atoms with van der Waals surface area (Å²) in [5.74, 6) is -0.0984.